The van der Waals surface area contributed by atoms with E-state index >= 15 is 0 Å². The molecule has 8 heteroatoms. The van der Waals surface area contributed by atoms with E-state index in [9.17, 15) is 9.36 Å². The molecule has 0 radical (unpaired) electrons. The molecule has 0 spiro atoms. The van der Waals surface area contributed by atoms with Gasteiger partial charge in [-0.05, 0) is 18.4 Å². The average molecular weight is 320 g/mol. The molecule has 0 saturated carbocycles. The van der Waals surface area contributed by atoms with E-state index in [1.165, 1.54) is 5.06 Å². The zero-order chi connectivity index (χ0) is 14.6. The van der Waals surface area contributed by atoms with E-state index < -0.39 is 19.0 Å². The van der Waals surface area contributed by atoms with Gasteiger partial charge in [0.05, 0.1) is 6.61 Å². The Kier molecular flexibility index (Phi) is 5.18. The predicted molar refractivity (Wildman–Crippen MR) is 72.7 cm³/mol. The minimum absolute atomic E-state index is 0.322. The molecule has 0 aliphatic carbocycles. The number of halogens is 1. The van der Waals surface area contributed by atoms with Crippen LogP contribution in [0.2, 0.25) is 0 Å². The number of carbonyl (C=O) groups is 1. The van der Waals surface area contributed by atoms with Crippen LogP contribution in [0, 0.1) is 0 Å². The van der Waals surface area contributed by atoms with Crippen LogP contribution in [0.15, 0.2) is 30.3 Å². The van der Waals surface area contributed by atoms with E-state index in [0.717, 1.165) is 12.0 Å². The van der Waals surface area contributed by atoms with Gasteiger partial charge in [-0.1, -0.05) is 30.3 Å². The van der Waals surface area contributed by atoms with Gasteiger partial charge >= 0.3 is 12.9 Å². The molecule has 2 rings (SSSR count). The molecule has 0 aromatic heterocycles. The van der Waals surface area contributed by atoms with Crippen LogP contribution in [0.4, 0.5) is 0 Å². The summed E-state index contributed by atoms with van der Waals surface area (Å²) in [5, 5.41) is 1.47. The number of carbonyl (C=O) groups excluding carboxylic acids is 1. The fourth-order valence-electron chi connectivity index (χ4n) is 2.03. The summed E-state index contributed by atoms with van der Waals surface area (Å²) in [5.41, 5.74) is 0.969. The predicted octanol–water partition coefficient (Wildman–Crippen LogP) is 2.47. The molecule has 2 atom stereocenters. The van der Waals surface area contributed by atoms with Crippen LogP contribution < -0.4 is 0 Å². The summed E-state index contributed by atoms with van der Waals surface area (Å²) in [6, 6.07) is 8.80. The second-order valence-electron chi connectivity index (χ2n) is 4.42. The monoisotopic (exact) mass is 319 g/mol. The first-order valence-corrected chi connectivity index (χ1v) is 8.63. The standard InChI is InChI=1S/C12H15ClNO5P/c13-20(16,17)19-12(15)11-7-4-8-14(11)18-9-10-5-2-1-3-6-10/h1-3,5-6,11H,4,7-9H2,(H,16,17)/t11-/m0/s1. The van der Waals surface area contributed by atoms with Crippen molar-refractivity contribution in [2.75, 3.05) is 6.54 Å². The minimum atomic E-state index is -4.34. The molecule has 1 N–H and O–H groups in total. The topological polar surface area (TPSA) is 76.1 Å². The minimum Gasteiger partial charge on any atom is -0.379 e. The summed E-state index contributed by atoms with van der Waals surface area (Å²) in [5.74, 6) is -0.837. The van der Waals surface area contributed by atoms with Crippen molar-refractivity contribution in [3.8, 4) is 0 Å². The van der Waals surface area contributed by atoms with Gasteiger partial charge < -0.3 is 9.42 Å². The zero-order valence-electron chi connectivity index (χ0n) is 10.6. The van der Waals surface area contributed by atoms with Gasteiger partial charge in [0.15, 0.2) is 0 Å². The Morgan fingerprint density at radius 2 is 2.15 bits per heavy atom. The van der Waals surface area contributed by atoms with Gasteiger partial charge in [-0.15, -0.1) is 0 Å². The number of benzene rings is 1. The average Bonchev–Trinajstić information content (AvgIpc) is 2.84. The number of hydrogen-bond acceptors (Lipinski definition) is 5. The largest absolute Gasteiger partial charge is 0.476 e. The van der Waals surface area contributed by atoms with Crippen LogP contribution in [0.25, 0.3) is 0 Å². The molecule has 1 heterocycles. The molecule has 1 aromatic rings. The normalized spacial score (nSPS) is 22.4. The Labute approximate surface area is 121 Å². The van der Waals surface area contributed by atoms with E-state index in [0.29, 0.717) is 19.6 Å². The van der Waals surface area contributed by atoms with Gasteiger partial charge in [0.25, 0.3) is 0 Å². The molecule has 0 amide bonds. The summed E-state index contributed by atoms with van der Waals surface area (Å²) in [6.07, 6.45) is 1.25. The highest BCUT2D eigenvalue weighted by molar-refractivity contribution is 7.80. The van der Waals surface area contributed by atoms with Gasteiger partial charge in [0, 0.05) is 17.8 Å². The molecule has 20 heavy (non-hydrogen) atoms. The fourth-order valence-corrected chi connectivity index (χ4v) is 2.58. The Hall–Kier alpha value is -0.910. The first-order chi connectivity index (χ1) is 9.46. The van der Waals surface area contributed by atoms with Crippen molar-refractivity contribution < 1.29 is 23.6 Å². The van der Waals surface area contributed by atoms with E-state index in [-0.39, 0.29) is 0 Å². The lowest BCUT2D eigenvalue weighted by molar-refractivity contribution is -0.191. The van der Waals surface area contributed by atoms with Crippen LogP contribution in [-0.4, -0.2) is 28.5 Å². The van der Waals surface area contributed by atoms with Crippen molar-refractivity contribution in [1.29, 1.82) is 0 Å². The van der Waals surface area contributed by atoms with Gasteiger partial charge in [-0.2, -0.15) is 5.06 Å². The Bertz CT molecular complexity index is 506. The maximum absolute atomic E-state index is 11.7. The van der Waals surface area contributed by atoms with Gasteiger partial charge in [0.2, 0.25) is 0 Å². The lowest BCUT2D eigenvalue weighted by Crippen LogP contribution is -2.36. The highest BCUT2D eigenvalue weighted by Gasteiger charge is 2.36. The Morgan fingerprint density at radius 1 is 1.45 bits per heavy atom. The number of nitrogens with zero attached hydrogens (tertiary/aromatic N) is 1. The SMILES string of the molecule is O=C(OP(=O)(O)Cl)[C@@H]1CCCN1OCc1ccccc1. The number of hydrogen-bond donors (Lipinski definition) is 1. The van der Waals surface area contributed by atoms with Crippen molar-refractivity contribution in [1.82, 2.24) is 5.06 Å². The third-order valence-electron chi connectivity index (χ3n) is 2.92. The quantitative estimate of drug-likeness (QED) is 0.840. The second-order valence-corrected chi connectivity index (χ2v) is 6.79. The molecular weight excluding hydrogens is 305 g/mol. The van der Waals surface area contributed by atoms with Gasteiger partial charge in [-0.25, -0.2) is 9.36 Å². The van der Waals surface area contributed by atoms with Gasteiger partial charge in [0.1, 0.15) is 6.04 Å². The molecule has 1 fully saturated rings. The molecule has 1 unspecified atom stereocenters. The maximum atomic E-state index is 11.7. The summed E-state index contributed by atoms with van der Waals surface area (Å²) in [7, 11) is 0. The second kappa shape index (κ2) is 6.70. The Morgan fingerprint density at radius 3 is 2.80 bits per heavy atom. The van der Waals surface area contributed by atoms with Crippen LogP contribution >= 0.6 is 18.2 Å². The number of rotatable bonds is 5. The van der Waals surface area contributed by atoms with E-state index in [1.807, 2.05) is 30.3 Å². The summed E-state index contributed by atoms with van der Waals surface area (Å²) >= 11 is 5.04. The molecule has 6 nitrogen and oxygen atoms in total. The molecule has 1 aliphatic rings. The lowest BCUT2D eigenvalue weighted by atomic mass is 10.2. The van der Waals surface area contributed by atoms with Crippen LogP contribution in [0.1, 0.15) is 18.4 Å². The first kappa shape index (κ1) is 15.5. The van der Waals surface area contributed by atoms with Crippen molar-refractivity contribution >= 4 is 24.2 Å². The molecular formula is C12H15ClNO5P. The van der Waals surface area contributed by atoms with Crippen LogP contribution in [0.5, 0.6) is 0 Å². The van der Waals surface area contributed by atoms with Crippen molar-refractivity contribution in [3.63, 3.8) is 0 Å². The molecule has 0 bridgehead atoms. The molecule has 110 valence electrons. The highest BCUT2D eigenvalue weighted by atomic mass is 35.7. The van der Waals surface area contributed by atoms with E-state index in [2.05, 4.69) is 4.52 Å². The lowest BCUT2D eigenvalue weighted by Gasteiger charge is -2.22. The van der Waals surface area contributed by atoms with Crippen LogP contribution in [-0.2, 0) is 25.3 Å². The smallest absolute Gasteiger partial charge is 0.379 e. The van der Waals surface area contributed by atoms with Crippen LogP contribution in [0.3, 0.4) is 0 Å². The van der Waals surface area contributed by atoms with E-state index in [4.69, 9.17) is 21.0 Å². The Balaban J connectivity index is 1.91. The molecule has 1 aliphatic heterocycles. The third-order valence-corrected chi connectivity index (χ3v) is 3.53. The molecule has 1 aromatic carbocycles. The number of hydroxylamine groups is 2. The zero-order valence-corrected chi connectivity index (χ0v) is 12.3. The fraction of sp³-hybridized carbons (Fsp3) is 0.417. The summed E-state index contributed by atoms with van der Waals surface area (Å²) in [6.45, 7) is -3.46. The summed E-state index contributed by atoms with van der Waals surface area (Å²) in [4.78, 5) is 26.1. The first-order valence-electron chi connectivity index (χ1n) is 6.15. The van der Waals surface area contributed by atoms with Gasteiger partial charge in [-0.3, -0.25) is 4.84 Å². The van der Waals surface area contributed by atoms with Crippen molar-refractivity contribution in [2.45, 2.75) is 25.5 Å². The third kappa shape index (κ3) is 4.58. The van der Waals surface area contributed by atoms with Crippen molar-refractivity contribution in [2.24, 2.45) is 0 Å². The maximum Gasteiger partial charge on any atom is 0.476 e. The van der Waals surface area contributed by atoms with Crippen molar-refractivity contribution in [3.05, 3.63) is 35.9 Å². The molecule has 1 saturated heterocycles. The van der Waals surface area contributed by atoms with E-state index in [1.54, 1.807) is 0 Å². The summed E-state index contributed by atoms with van der Waals surface area (Å²) < 4.78 is 15.2. The highest BCUT2D eigenvalue weighted by Crippen LogP contribution is 2.48.